The molecule has 0 heteroatoms. The Labute approximate surface area is 82.1 Å². The average Bonchev–Trinajstić information content (AvgIpc) is 1.96. The van der Waals surface area contributed by atoms with Crippen LogP contribution in [-0.4, -0.2) is 0 Å². The molecule has 4 bridgehead atoms. The Morgan fingerprint density at radius 3 is 2.46 bits per heavy atom. The second-order valence-electron chi connectivity index (χ2n) is 6.90. The minimum atomic E-state index is 0.721. The first-order chi connectivity index (χ1) is 6.01. The lowest BCUT2D eigenvalue weighted by Crippen LogP contribution is -2.54. The second-order valence-corrected chi connectivity index (χ2v) is 6.90. The van der Waals surface area contributed by atoms with Crippen molar-refractivity contribution >= 4 is 0 Å². The summed E-state index contributed by atoms with van der Waals surface area (Å²) in [6.07, 6.45) is 7.72. The van der Waals surface area contributed by atoms with Crippen molar-refractivity contribution in [2.24, 2.45) is 28.6 Å². The summed E-state index contributed by atoms with van der Waals surface area (Å²) in [4.78, 5) is 0. The normalized spacial score (nSPS) is 64.4. The van der Waals surface area contributed by atoms with Gasteiger partial charge in [0.05, 0.1) is 0 Å². The van der Waals surface area contributed by atoms with Gasteiger partial charge in [0, 0.05) is 0 Å². The van der Waals surface area contributed by atoms with Gasteiger partial charge >= 0.3 is 0 Å². The van der Waals surface area contributed by atoms with E-state index in [9.17, 15) is 0 Å². The molecule has 0 unspecified atom stereocenters. The molecule has 4 fully saturated rings. The Balaban J connectivity index is 2.01. The summed E-state index contributed by atoms with van der Waals surface area (Å²) in [7, 11) is 0. The maximum absolute atomic E-state index is 2.56. The van der Waals surface area contributed by atoms with Crippen molar-refractivity contribution in [2.75, 3.05) is 0 Å². The highest BCUT2D eigenvalue weighted by Gasteiger charge is 2.57. The standard InChI is InChI=1S/C13H22/c1-9-11-4-10-5-12(2,7-11)8-13(9,3)6-10/h9-11H,4-8H2,1-3H3/t9-,10+,11-,12+,13+/m0/s1. The fourth-order valence-electron chi connectivity index (χ4n) is 5.31. The maximum atomic E-state index is 2.56. The Morgan fingerprint density at radius 1 is 1.08 bits per heavy atom. The highest BCUT2D eigenvalue weighted by Crippen LogP contribution is 2.67. The summed E-state index contributed by atoms with van der Waals surface area (Å²) in [6.45, 7) is 7.63. The second kappa shape index (κ2) is 2.15. The first-order valence-corrected chi connectivity index (χ1v) is 6.01. The first-order valence-electron chi connectivity index (χ1n) is 6.01. The summed E-state index contributed by atoms with van der Waals surface area (Å²) in [5.74, 6) is 3.19. The van der Waals surface area contributed by atoms with Gasteiger partial charge in [0.2, 0.25) is 0 Å². The van der Waals surface area contributed by atoms with Crippen LogP contribution in [0.1, 0.15) is 52.9 Å². The van der Waals surface area contributed by atoms with Gasteiger partial charge in [0.15, 0.2) is 0 Å². The van der Waals surface area contributed by atoms with Crippen LogP contribution in [0.4, 0.5) is 0 Å². The van der Waals surface area contributed by atoms with E-state index in [1.165, 1.54) is 6.42 Å². The molecule has 0 saturated heterocycles. The van der Waals surface area contributed by atoms with Crippen molar-refractivity contribution in [3.05, 3.63) is 0 Å². The van der Waals surface area contributed by atoms with Gasteiger partial charge in [-0.15, -0.1) is 0 Å². The predicted octanol–water partition coefficient (Wildman–Crippen LogP) is 3.86. The summed E-state index contributed by atoms with van der Waals surface area (Å²) >= 11 is 0. The van der Waals surface area contributed by atoms with E-state index in [1.54, 1.807) is 25.7 Å². The van der Waals surface area contributed by atoms with E-state index in [0.29, 0.717) is 0 Å². The molecule has 4 rings (SSSR count). The molecule has 74 valence electrons. The Hall–Kier alpha value is 0. The number of rotatable bonds is 0. The molecular weight excluding hydrogens is 156 g/mol. The van der Waals surface area contributed by atoms with Gasteiger partial charge in [0.1, 0.15) is 0 Å². The van der Waals surface area contributed by atoms with Crippen LogP contribution in [0.15, 0.2) is 0 Å². The average molecular weight is 178 g/mol. The zero-order valence-corrected chi connectivity index (χ0v) is 9.27. The van der Waals surface area contributed by atoms with Crippen LogP contribution in [0.25, 0.3) is 0 Å². The molecule has 0 spiro atoms. The SMILES string of the molecule is C[C@H]1[C@H]2C[C@@H]3C[C@](C)(C2)C[C@@]1(C)C3. The Morgan fingerprint density at radius 2 is 1.85 bits per heavy atom. The summed E-state index contributed by atoms with van der Waals surface area (Å²) < 4.78 is 0. The van der Waals surface area contributed by atoms with Crippen LogP contribution in [0, 0.1) is 28.6 Å². The van der Waals surface area contributed by atoms with Gasteiger partial charge in [0.25, 0.3) is 0 Å². The molecular formula is C13H22. The van der Waals surface area contributed by atoms with E-state index in [-0.39, 0.29) is 0 Å². The molecule has 0 N–H and O–H groups in total. The summed E-state index contributed by atoms with van der Waals surface area (Å²) in [6, 6.07) is 0. The van der Waals surface area contributed by atoms with Crippen molar-refractivity contribution in [1.29, 1.82) is 0 Å². The molecule has 0 aliphatic heterocycles. The van der Waals surface area contributed by atoms with Crippen LogP contribution in [0.3, 0.4) is 0 Å². The highest BCUT2D eigenvalue weighted by atomic mass is 14.6. The topological polar surface area (TPSA) is 0 Å². The fraction of sp³-hybridized carbons (Fsp3) is 1.00. The molecule has 0 aromatic heterocycles. The lowest BCUT2D eigenvalue weighted by atomic mass is 9.42. The summed E-state index contributed by atoms with van der Waals surface area (Å²) in [5.41, 5.74) is 1.46. The van der Waals surface area contributed by atoms with Gasteiger partial charge in [-0.25, -0.2) is 0 Å². The van der Waals surface area contributed by atoms with E-state index in [2.05, 4.69) is 20.8 Å². The lowest BCUT2D eigenvalue weighted by Gasteiger charge is -2.63. The third kappa shape index (κ3) is 0.980. The van der Waals surface area contributed by atoms with Gasteiger partial charge in [-0.2, -0.15) is 0 Å². The van der Waals surface area contributed by atoms with Crippen LogP contribution in [0.2, 0.25) is 0 Å². The van der Waals surface area contributed by atoms with Crippen LogP contribution in [-0.2, 0) is 0 Å². The molecule has 0 heterocycles. The van der Waals surface area contributed by atoms with Crippen molar-refractivity contribution in [3.63, 3.8) is 0 Å². The number of hydrogen-bond donors (Lipinski definition) is 0. The molecule has 4 aliphatic rings. The molecule has 0 aromatic carbocycles. The van der Waals surface area contributed by atoms with Crippen molar-refractivity contribution in [1.82, 2.24) is 0 Å². The highest BCUT2D eigenvalue weighted by molar-refractivity contribution is 5.07. The predicted molar refractivity (Wildman–Crippen MR) is 55.4 cm³/mol. The van der Waals surface area contributed by atoms with Gasteiger partial charge in [-0.05, 0) is 60.7 Å². The lowest BCUT2D eigenvalue weighted by molar-refractivity contribution is -0.133. The Kier molecular flexibility index (Phi) is 1.37. The third-order valence-electron chi connectivity index (χ3n) is 5.56. The van der Waals surface area contributed by atoms with E-state index in [0.717, 1.165) is 28.6 Å². The van der Waals surface area contributed by atoms with Crippen LogP contribution >= 0.6 is 0 Å². The third-order valence-corrected chi connectivity index (χ3v) is 5.56. The van der Waals surface area contributed by atoms with Crippen molar-refractivity contribution in [2.45, 2.75) is 52.9 Å². The molecule has 0 aromatic rings. The monoisotopic (exact) mass is 178 g/mol. The molecule has 0 radical (unpaired) electrons. The van der Waals surface area contributed by atoms with E-state index in [4.69, 9.17) is 0 Å². The smallest absolute Gasteiger partial charge is 0.0290 e. The fourth-order valence-corrected chi connectivity index (χ4v) is 5.31. The van der Waals surface area contributed by atoms with Crippen molar-refractivity contribution < 1.29 is 0 Å². The minimum Gasteiger partial charge on any atom is -0.0617 e. The molecule has 4 aliphatic carbocycles. The molecule has 0 nitrogen and oxygen atoms in total. The van der Waals surface area contributed by atoms with Crippen LogP contribution < -0.4 is 0 Å². The molecule has 5 atom stereocenters. The maximum Gasteiger partial charge on any atom is -0.0290 e. The minimum absolute atomic E-state index is 0.721. The van der Waals surface area contributed by atoms with E-state index >= 15 is 0 Å². The van der Waals surface area contributed by atoms with E-state index in [1.807, 2.05) is 0 Å². The molecule has 4 saturated carbocycles. The van der Waals surface area contributed by atoms with Gasteiger partial charge in [-0.3, -0.25) is 0 Å². The largest absolute Gasteiger partial charge is 0.0617 e. The van der Waals surface area contributed by atoms with Crippen molar-refractivity contribution in [3.8, 4) is 0 Å². The summed E-state index contributed by atoms with van der Waals surface area (Å²) in [5, 5.41) is 0. The number of hydrogen-bond acceptors (Lipinski definition) is 0. The van der Waals surface area contributed by atoms with Gasteiger partial charge < -0.3 is 0 Å². The van der Waals surface area contributed by atoms with Crippen LogP contribution in [0.5, 0.6) is 0 Å². The van der Waals surface area contributed by atoms with E-state index < -0.39 is 0 Å². The first kappa shape index (κ1) is 8.32. The zero-order valence-electron chi connectivity index (χ0n) is 9.27. The van der Waals surface area contributed by atoms with Gasteiger partial charge in [-0.1, -0.05) is 20.8 Å². The quantitative estimate of drug-likeness (QED) is 0.528. The molecule has 0 amide bonds. The molecule has 13 heavy (non-hydrogen) atoms. The zero-order chi connectivity index (χ0) is 9.27. The Bertz CT molecular complexity index is 244.